The van der Waals surface area contributed by atoms with Crippen molar-refractivity contribution in [3.63, 3.8) is 0 Å². The third-order valence-corrected chi connectivity index (χ3v) is 3.83. The van der Waals surface area contributed by atoms with Crippen molar-refractivity contribution in [2.75, 3.05) is 25.0 Å². The lowest BCUT2D eigenvalue weighted by Crippen LogP contribution is -2.40. The van der Waals surface area contributed by atoms with Gasteiger partial charge in [0.25, 0.3) is 0 Å². The molecule has 1 aliphatic rings. The molecule has 0 saturated carbocycles. The Morgan fingerprint density at radius 1 is 1.35 bits per heavy atom. The van der Waals surface area contributed by atoms with Crippen LogP contribution in [0.25, 0.3) is 0 Å². The summed E-state index contributed by atoms with van der Waals surface area (Å²) in [5.41, 5.74) is 2.05. The molecule has 0 spiro atoms. The highest BCUT2D eigenvalue weighted by Crippen LogP contribution is 2.21. The lowest BCUT2D eigenvalue weighted by molar-refractivity contribution is -0.141. The largest absolute Gasteiger partial charge is 0.481 e. The molecule has 1 unspecified atom stereocenters. The van der Waals surface area contributed by atoms with E-state index in [4.69, 9.17) is 5.11 Å². The predicted octanol–water partition coefficient (Wildman–Crippen LogP) is 2.21. The molecule has 20 heavy (non-hydrogen) atoms. The van der Waals surface area contributed by atoms with Crippen LogP contribution in [0.5, 0.6) is 0 Å². The van der Waals surface area contributed by atoms with E-state index in [0.29, 0.717) is 19.5 Å². The Kier molecular flexibility index (Phi) is 4.27. The fourth-order valence-electron chi connectivity index (χ4n) is 2.41. The van der Waals surface area contributed by atoms with E-state index in [1.165, 1.54) is 5.56 Å². The van der Waals surface area contributed by atoms with Gasteiger partial charge < -0.3 is 10.0 Å². The first-order valence-corrected chi connectivity index (χ1v) is 6.87. The van der Waals surface area contributed by atoms with E-state index in [-0.39, 0.29) is 6.03 Å². The summed E-state index contributed by atoms with van der Waals surface area (Å²) in [5.74, 6) is -1.26. The molecule has 5 nitrogen and oxygen atoms in total. The Labute approximate surface area is 118 Å². The minimum absolute atomic E-state index is 0.141. The summed E-state index contributed by atoms with van der Waals surface area (Å²) < 4.78 is 0. The highest BCUT2D eigenvalue weighted by Gasteiger charge is 2.32. The number of rotatable bonds is 3. The van der Waals surface area contributed by atoms with Gasteiger partial charge in [-0.25, -0.2) is 4.79 Å². The number of carbonyl (C=O) groups excluding carboxylic acids is 1. The van der Waals surface area contributed by atoms with Crippen LogP contribution in [0.4, 0.5) is 10.5 Å². The summed E-state index contributed by atoms with van der Waals surface area (Å²) in [5, 5.41) is 8.97. The number of benzene rings is 1. The molecule has 1 fully saturated rings. The molecule has 1 atom stereocenters. The quantitative estimate of drug-likeness (QED) is 0.920. The van der Waals surface area contributed by atoms with Crippen molar-refractivity contribution in [3.05, 3.63) is 29.8 Å². The Balaban J connectivity index is 2.03. The fourth-order valence-corrected chi connectivity index (χ4v) is 2.41. The summed E-state index contributed by atoms with van der Waals surface area (Å²) in [6.07, 6.45) is 1.49. The van der Waals surface area contributed by atoms with Gasteiger partial charge in [0.15, 0.2) is 0 Å². The number of carbonyl (C=O) groups is 2. The molecule has 1 aliphatic heterocycles. The SMILES string of the molecule is CCc1ccc(N(C)C(=O)N2CCC(C(=O)O)C2)cc1. The highest BCUT2D eigenvalue weighted by molar-refractivity contribution is 5.92. The maximum atomic E-state index is 12.3. The highest BCUT2D eigenvalue weighted by atomic mass is 16.4. The van der Waals surface area contributed by atoms with Gasteiger partial charge in [-0.3, -0.25) is 9.69 Å². The second-order valence-corrected chi connectivity index (χ2v) is 5.13. The Morgan fingerprint density at radius 3 is 2.50 bits per heavy atom. The molecule has 1 aromatic carbocycles. The zero-order chi connectivity index (χ0) is 14.7. The van der Waals surface area contributed by atoms with Crippen molar-refractivity contribution in [3.8, 4) is 0 Å². The van der Waals surface area contributed by atoms with Crippen LogP contribution in [0.1, 0.15) is 18.9 Å². The first-order chi connectivity index (χ1) is 9.52. The smallest absolute Gasteiger partial charge is 0.324 e. The van der Waals surface area contributed by atoms with Crippen LogP contribution in [0, 0.1) is 5.92 Å². The molecule has 108 valence electrons. The standard InChI is InChI=1S/C15H20N2O3/c1-3-11-4-6-13(7-5-11)16(2)15(20)17-9-8-12(10-17)14(18)19/h4-7,12H,3,8-10H2,1-2H3,(H,18,19). The van der Waals surface area contributed by atoms with Gasteiger partial charge >= 0.3 is 12.0 Å². The normalized spacial score (nSPS) is 18.1. The number of aliphatic carboxylic acids is 1. The van der Waals surface area contributed by atoms with E-state index in [2.05, 4.69) is 6.92 Å². The van der Waals surface area contributed by atoms with Crippen molar-refractivity contribution in [1.82, 2.24) is 4.90 Å². The van der Waals surface area contributed by atoms with Crippen LogP contribution in [-0.2, 0) is 11.2 Å². The number of hydrogen-bond donors (Lipinski definition) is 1. The maximum Gasteiger partial charge on any atom is 0.324 e. The van der Waals surface area contributed by atoms with Gasteiger partial charge in [-0.15, -0.1) is 0 Å². The minimum atomic E-state index is -0.824. The summed E-state index contributed by atoms with van der Waals surface area (Å²) in [6.45, 7) is 2.89. The van der Waals surface area contributed by atoms with E-state index in [1.807, 2.05) is 24.3 Å². The van der Waals surface area contributed by atoms with Gasteiger partial charge in [-0.05, 0) is 30.5 Å². The molecule has 2 rings (SSSR count). The Bertz CT molecular complexity index is 498. The number of likely N-dealkylation sites (tertiary alicyclic amines) is 1. The van der Waals surface area contributed by atoms with Gasteiger partial charge in [0, 0.05) is 25.8 Å². The molecule has 0 aromatic heterocycles. The summed E-state index contributed by atoms with van der Waals surface area (Å²) in [7, 11) is 1.72. The van der Waals surface area contributed by atoms with Gasteiger partial charge in [0.1, 0.15) is 0 Å². The molecular formula is C15H20N2O3. The van der Waals surface area contributed by atoms with Crippen LogP contribution in [0.3, 0.4) is 0 Å². The van der Waals surface area contributed by atoms with Crippen LogP contribution in [0.15, 0.2) is 24.3 Å². The molecule has 0 bridgehead atoms. The van der Waals surface area contributed by atoms with Crippen molar-refractivity contribution in [2.24, 2.45) is 5.92 Å². The third kappa shape index (κ3) is 2.92. The number of carboxylic acids is 1. The fraction of sp³-hybridized carbons (Fsp3) is 0.467. The molecule has 5 heteroatoms. The molecule has 0 aliphatic carbocycles. The molecular weight excluding hydrogens is 256 g/mol. The van der Waals surface area contributed by atoms with Gasteiger partial charge in [-0.2, -0.15) is 0 Å². The zero-order valence-electron chi connectivity index (χ0n) is 11.9. The Morgan fingerprint density at radius 2 is 2.00 bits per heavy atom. The number of hydrogen-bond acceptors (Lipinski definition) is 2. The van der Waals surface area contributed by atoms with Crippen LogP contribution in [0.2, 0.25) is 0 Å². The molecule has 1 saturated heterocycles. The molecule has 0 radical (unpaired) electrons. The number of anilines is 1. The third-order valence-electron chi connectivity index (χ3n) is 3.83. The topological polar surface area (TPSA) is 60.9 Å². The minimum Gasteiger partial charge on any atom is -0.481 e. The second-order valence-electron chi connectivity index (χ2n) is 5.13. The first kappa shape index (κ1) is 14.4. The first-order valence-electron chi connectivity index (χ1n) is 6.87. The van der Waals surface area contributed by atoms with Crippen molar-refractivity contribution < 1.29 is 14.7 Å². The number of nitrogens with zero attached hydrogens (tertiary/aromatic N) is 2. The van der Waals surface area contributed by atoms with Gasteiger partial charge in [-0.1, -0.05) is 19.1 Å². The van der Waals surface area contributed by atoms with Crippen LogP contribution in [-0.4, -0.2) is 42.1 Å². The van der Waals surface area contributed by atoms with Crippen molar-refractivity contribution >= 4 is 17.7 Å². The lowest BCUT2D eigenvalue weighted by Gasteiger charge is -2.24. The Hall–Kier alpha value is -2.04. The molecule has 1 heterocycles. The van der Waals surface area contributed by atoms with Gasteiger partial charge in [0.2, 0.25) is 0 Å². The molecule has 1 aromatic rings. The molecule has 1 N–H and O–H groups in total. The predicted molar refractivity (Wildman–Crippen MR) is 76.9 cm³/mol. The zero-order valence-corrected chi connectivity index (χ0v) is 11.9. The number of carboxylic acid groups (broad SMARTS) is 1. The monoisotopic (exact) mass is 276 g/mol. The average molecular weight is 276 g/mol. The number of urea groups is 1. The van der Waals surface area contributed by atoms with Crippen LogP contribution >= 0.6 is 0 Å². The maximum absolute atomic E-state index is 12.3. The lowest BCUT2D eigenvalue weighted by atomic mass is 10.1. The number of amides is 2. The van der Waals surface area contributed by atoms with Crippen molar-refractivity contribution in [2.45, 2.75) is 19.8 Å². The van der Waals surface area contributed by atoms with E-state index in [9.17, 15) is 9.59 Å². The molecule has 2 amide bonds. The number of aryl methyl sites for hydroxylation is 1. The summed E-state index contributed by atoms with van der Waals surface area (Å²) in [4.78, 5) is 26.4. The van der Waals surface area contributed by atoms with Crippen LogP contribution < -0.4 is 4.90 Å². The van der Waals surface area contributed by atoms with E-state index < -0.39 is 11.9 Å². The summed E-state index contributed by atoms with van der Waals surface area (Å²) >= 11 is 0. The average Bonchev–Trinajstić information content (AvgIpc) is 2.96. The van der Waals surface area contributed by atoms with E-state index in [1.54, 1.807) is 16.8 Å². The van der Waals surface area contributed by atoms with Crippen molar-refractivity contribution in [1.29, 1.82) is 0 Å². The van der Waals surface area contributed by atoms with E-state index >= 15 is 0 Å². The van der Waals surface area contributed by atoms with Gasteiger partial charge in [0.05, 0.1) is 5.92 Å². The van der Waals surface area contributed by atoms with E-state index in [0.717, 1.165) is 12.1 Å². The summed E-state index contributed by atoms with van der Waals surface area (Å²) in [6, 6.07) is 7.70. The second kappa shape index (κ2) is 5.94.